The van der Waals surface area contributed by atoms with E-state index in [9.17, 15) is 0 Å². The average Bonchev–Trinajstić information content (AvgIpc) is 1.59. The summed E-state index contributed by atoms with van der Waals surface area (Å²) in [5, 5.41) is 0. The van der Waals surface area contributed by atoms with Gasteiger partial charge >= 0.3 is 51.4 Å². The van der Waals surface area contributed by atoms with Crippen LogP contribution in [0.4, 0.5) is 0 Å². The number of hydrogen-bond acceptors (Lipinski definition) is 1. The first kappa shape index (κ1) is 11.2. The minimum absolute atomic E-state index is 0. The fourth-order valence-electron chi connectivity index (χ4n) is 0.951. The van der Waals surface area contributed by atoms with Crippen molar-refractivity contribution in [2.24, 2.45) is 0 Å². The van der Waals surface area contributed by atoms with Gasteiger partial charge in [0.25, 0.3) is 0 Å². The predicted octanol–water partition coefficient (Wildman–Crippen LogP) is 1.94. The van der Waals surface area contributed by atoms with Crippen molar-refractivity contribution in [2.45, 2.75) is 18.7 Å². The molecule has 0 aromatic heterocycles. The summed E-state index contributed by atoms with van der Waals surface area (Å²) < 4.78 is 0. The van der Waals surface area contributed by atoms with Gasteiger partial charge in [0.05, 0.1) is 0 Å². The molecule has 0 saturated carbocycles. The Labute approximate surface area is 110 Å². The number of hydrogen-bond donors (Lipinski definition) is 1. The molecule has 0 radical (unpaired) electrons. The van der Waals surface area contributed by atoms with Crippen molar-refractivity contribution in [2.75, 3.05) is 0 Å². The molecule has 1 aromatic rings. The third-order valence-electron chi connectivity index (χ3n) is 1.21. The second kappa shape index (κ2) is 4.96. The zero-order valence-electron chi connectivity index (χ0n) is 5.68. The molecule has 0 fully saturated rings. The molecule has 50 valence electrons. The molecule has 0 aliphatic rings. The van der Waals surface area contributed by atoms with E-state index in [1.807, 2.05) is 0 Å². The van der Waals surface area contributed by atoms with E-state index in [4.69, 9.17) is 0 Å². The van der Waals surface area contributed by atoms with Gasteiger partial charge in [-0.2, -0.15) is 0 Å². The van der Waals surface area contributed by atoms with E-state index >= 15 is 0 Å². The van der Waals surface area contributed by atoms with Crippen molar-refractivity contribution in [3.8, 4) is 0 Å². The Hall–Kier alpha value is 1.21. The summed E-state index contributed by atoms with van der Waals surface area (Å²) in [7, 11) is 0. The molecule has 1 aromatic carbocycles. The van der Waals surface area contributed by atoms with Crippen LogP contribution >= 0.6 is 12.6 Å². The topological polar surface area (TPSA) is 0 Å². The summed E-state index contributed by atoms with van der Waals surface area (Å²) in [6.07, 6.45) is 0. The van der Waals surface area contributed by atoms with E-state index < -0.39 is 0 Å². The molecule has 0 nitrogen and oxygen atoms in total. The Morgan fingerprint density at radius 1 is 1.00 bits per heavy atom. The van der Waals surface area contributed by atoms with Gasteiger partial charge in [-0.1, -0.05) is 6.07 Å². The van der Waals surface area contributed by atoms with Gasteiger partial charge in [-0.3, -0.25) is 0 Å². The molecule has 0 unspecified atom stereocenters. The van der Waals surface area contributed by atoms with Crippen LogP contribution in [0.15, 0.2) is 23.1 Å². The maximum absolute atomic E-state index is 4.22. The van der Waals surface area contributed by atoms with Gasteiger partial charge in [0.1, 0.15) is 0 Å². The summed E-state index contributed by atoms with van der Waals surface area (Å²) in [6.45, 7) is 4.15. The van der Waals surface area contributed by atoms with Crippen LogP contribution in [0.5, 0.6) is 0 Å². The zero-order valence-corrected chi connectivity index (χ0v) is 6.57. The zero-order chi connectivity index (χ0) is 6.85. The van der Waals surface area contributed by atoms with E-state index in [-0.39, 0.29) is 51.4 Å². The number of benzene rings is 1. The van der Waals surface area contributed by atoms with Crippen molar-refractivity contribution in [1.29, 1.82) is 0 Å². The van der Waals surface area contributed by atoms with Crippen LogP contribution in [0.3, 0.4) is 0 Å². The fourth-order valence-corrected chi connectivity index (χ4v) is 1.36. The molecule has 0 aliphatic heterocycles. The number of aryl methyl sites for hydroxylation is 2. The Morgan fingerprint density at radius 3 is 1.70 bits per heavy atom. The van der Waals surface area contributed by atoms with Gasteiger partial charge in [-0.05, 0) is 37.1 Å². The van der Waals surface area contributed by atoms with E-state index in [0.29, 0.717) is 0 Å². The molecule has 0 N–H and O–H groups in total. The molecule has 0 aliphatic carbocycles. The van der Waals surface area contributed by atoms with Crippen LogP contribution in [0, 0.1) is 13.8 Å². The molecule has 0 atom stereocenters. The first-order chi connectivity index (χ1) is 4.18. The number of rotatable bonds is 0. The van der Waals surface area contributed by atoms with E-state index in [2.05, 4.69) is 44.7 Å². The molecular weight excluding hydrogens is 167 g/mol. The van der Waals surface area contributed by atoms with Crippen molar-refractivity contribution in [3.05, 3.63) is 29.3 Å². The normalized spacial score (nSPS) is 8.70. The SMILES string of the molecule is Cc1cc(C)cc(S)c1.[KH]. The molecule has 2 heteroatoms. The molecule has 0 bridgehead atoms. The third kappa shape index (κ3) is 3.55. The standard InChI is InChI=1S/C8H10S.K.H/c1-6-3-7(2)5-8(9)4-6;;/h3-5,9H,1-2H3;;. The van der Waals surface area contributed by atoms with Gasteiger partial charge in [-0.15, -0.1) is 12.6 Å². The van der Waals surface area contributed by atoms with Crippen LogP contribution < -0.4 is 0 Å². The maximum atomic E-state index is 4.22. The Bertz CT molecular complexity index is 170. The average molecular weight is 178 g/mol. The Balaban J connectivity index is 0.000000810. The first-order valence-corrected chi connectivity index (χ1v) is 3.40. The molecule has 1 rings (SSSR count). The summed E-state index contributed by atoms with van der Waals surface area (Å²) in [4.78, 5) is 1.05. The van der Waals surface area contributed by atoms with E-state index in [1.165, 1.54) is 11.1 Å². The van der Waals surface area contributed by atoms with Gasteiger partial charge < -0.3 is 0 Å². The van der Waals surface area contributed by atoms with Crippen molar-refractivity contribution in [3.63, 3.8) is 0 Å². The van der Waals surface area contributed by atoms with Crippen molar-refractivity contribution < 1.29 is 0 Å². The number of thiol groups is 1. The summed E-state index contributed by atoms with van der Waals surface area (Å²) in [5.74, 6) is 0. The van der Waals surface area contributed by atoms with Crippen LogP contribution in [-0.4, -0.2) is 51.4 Å². The van der Waals surface area contributed by atoms with E-state index in [0.717, 1.165) is 4.90 Å². The van der Waals surface area contributed by atoms with Crippen LogP contribution in [0.2, 0.25) is 0 Å². The molecule has 0 amide bonds. The molecule has 0 saturated heterocycles. The molecule has 0 heterocycles. The fraction of sp³-hybridized carbons (Fsp3) is 0.250. The second-order valence-electron chi connectivity index (χ2n) is 2.35. The van der Waals surface area contributed by atoms with Crippen molar-refractivity contribution >= 4 is 64.0 Å². The second-order valence-corrected chi connectivity index (χ2v) is 2.86. The monoisotopic (exact) mass is 178 g/mol. The Morgan fingerprint density at radius 2 is 1.40 bits per heavy atom. The quantitative estimate of drug-likeness (QED) is 0.455. The first-order valence-electron chi connectivity index (χ1n) is 2.96. The summed E-state index contributed by atoms with van der Waals surface area (Å²) >= 11 is 4.22. The molecular formula is C8H11KS. The summed E-state index contributed by atoms with van der Waals surface area (Å²) in [5.41, 5.74) is 2.56. The van der Waals surface area contributed by atoms with Gasteiger partial charge in [-0.25, -0.2) is 0 Å². The van der Waals surface area contributed by atoms with Gasteiger partial charge in [0.15, 0.2) is 0 Å². The Kier molecular flexibility index (Phi) is 5.56. The predicted molar refractivity (Wildman–Crippen MR) is 50.3 cm³/mol. The third-order valence-corrected chi connectivity index (χ3v) is 1.46. The van der Waals surface area contributed by atoms with Crippen LogP contribution in [-0.2, 0) is 0 Å². The van der Waals surface area contributed by atoms with Crippen LogP contribution in [0.1, 0.15) is 11.1 Å². The molecule has 0 spiro atoms. The van der Waals surface area contributed by atoms with Crippen molar-refractivity contribution in [1.82, 2.24) is 0 Å². The molecule has 10 heavy (non-hydrogen) atoms. The summed E-state index contributed by atoms with van der Waals surface area (Å²) in [6, 6.07) is 6.24. The van der Waals surface area contributed by atoms with Crippen LogP contribution in [0.25, 0.3) is 0 Å². The van der Waals surface area contributed by atoms with Gasteiger partial charge in [0, 0.05) is 4.90 Å². The minimum atomic E-state index is 0. The van der Waals surface area contributed by atoms with Gasteiger partial charge in [0.2, 0.25) is 0 Å². The van der Waals surface area contributed by atoms with E-state index in [1.54, 1.807) is 0 Å².